The van der Waals surface area contributed by atoms with Gasteiger partial charge in [0.1, 0.15) is 0 Å². The Labute approximate surface area is 128 Å². The fourth-order valence-electron chi connectivity index (χ4n) is 3.24. The molecule has 0 bridgehead atoms. The number of hydrogen-bond acceptors (Lipinski definition) is 1. The van der Waals surface area contributed by atoms with Crippen molar-refractivity contribution in [1.82, 2.24) is 0 Å². The molecule has 0 atom stereocenters. The Bertz CT molecular complexity index is 866. The third-order valence-corrected chi connectivity index (χ3v) is 4.50. The van der Waals surface area contributed by atoms with Crippen molar-refractivity contribution in [3.63, 3.8) is 0 Å². The third kappa shape index (κ3) is 1.89. The fraction of sp³-hybridized carbons (Fsp3) is 0.105. The zero-order valence-corrected chi connectivity index (χ0v) is 12.2. The average Bonchev–Trinajstić information content (AvgIpc) is 2.88. The number of carbonyl (C=O) groups is 1. The van der Waals surface area contributed by atoms with Crippen LogP contribution < -0.4 is 0 Å². The van der Waals surface area contributed by atoms with Crippen molar-refractivity contribution in [3.8, 4) is 11.1 Å². The minimum Gasteiger partial charge on any atom is -0.294 e. The maximum Gasteiger partial charge on any atom is 0.164 e. The number of Topliss-reactive ketones (excluding diaryl/α,β-unsaturated/α-hetero) is 1. The SMILES string of the molecule is O=C1CCc2cc3c(Cl)cccc3c(-c3ccccc3)c21. The zero-order valence-electron chi connectivity index (χ0n) is 11.4. The van der Waals surface area contributed by atoms with Crippen LogP contribution in [0, 0.1) is 0 Å². The van der Waals surface area contributed by atoms with Gasteiger partial charge in [-0.3, -0.25) is 4.79 Å². The Balaban J connectivity index is 2.19. The smallest absolute Gasteiger partial charge is 0.164 e. The summed E-state index contributed by atoms with van der Waals surface area (Å²) in [7, 11) is 0. The lowest BCUT2D eigenvalue weighted by Gasteiger charge is -2.13. The maximum atomic E-state index is 12.4. The van der Waals surface area contributed by atoms with Crippen LogP contribution in [0.1, 0.15) is 22.3 Å². The quantitative estimate of drug-likeness (QED) is 0.595. The highest BCUT2D eigenvalue weighted by Gasteiger charge is 2.26. The molecular formula is C19H13ClO. The van der Waals surface area contributed by atoms with Crippen molar-refractivity contribution < 1.29 is 4.79 Å². The first-order valence-corrected chi connectivity index (χ1v) is 7.46. The normalized spacial score (nSPS) is 13.7. The van der Waals surface area contributed by atoms with Crippen LogP contribution in [-0.4, -0.2) is 5.78 Å². The number of ketones is 1. The number of carbonyl (C=O) groups excluding carboxylic acids is 1. The molecule has 0 amide bonds. The number of aryl methyl sites for hydroxylation is 1. The van der Waals surface area contributed by atoms with Gasteiger partial charge < -0.3 is 0 Å². The van der Waals surface area contributed by atoms with Crippen LogP contribution in [-0.2, 0) is 6.42 Å². The maximum absolute atomic E-state index is 12.4. The van der Waals surface area contributed by atoms with Gasteiger partial charge in [-0.05, 0) is 35.1 Å². The molecule has 21 heavy (non-hydrogen) atoms. The van der Waals surface area contributed by atoms with Crippen molar-refractivity contribution in [3.05, 3.63) is 70.7 Å². The van der Waals surface area contributed by atoms with Gasteiger partial charge in [0.2, 0.25) is 0 Å². The second-order valence-electron chi connectivity index (χ2n) is 5.41. The number of rotatable bonds is 1. The molecule has 0 unspecified atom stereocenters. The van der Waals surface area contributed by atoms with E-state index in [-0.39, 0.29) is 5.78 Å². The summed E-state index contributed by atoms with van der Waals surface area (Å²) in [5, 5.41) is 2.83. The fourth-order valence-corrected chi connectivity index (χ4v) is 3.47. The van der Waals surface area contributed by atoms with Gasteiger partial charge in [-0.15, -0.1) is 0 Å². The molecule has 0 fully saturated rings. The van der Waals surface area contributed by atoms with E-state index in [1.165, 1.54) is 0 Å². The van der Waals surface area contributed by atoms with Gasteiger partial charge in [0.25, 0.3) is 0 Å². The Hall–Kier alpha value is -2.12. The van der Waals surface area contributed by atoms with Gasteiger partial charge in [0.05, 0.1) is 0 Å². The Morgan fingerprint density at radius 1 is 0.810 bits per heavy atom. The van der Waals surface area contributed by atoms with Crippen LogP contribution in [0.15, 0.2) is 54.6 Å². The third-order valence-electron chi connectivity index (χ3n) is 4.17. The Kier molecular flexibility index (Phi) is 2.83. The largest absolute Gasteiger partial charge is 0.294 e. The summed E-state index contributed by atoms with van der Waals surface area (Å²) >= 11 is 6.37. The number of hydrogen-bond donors (Lipinski definition) is 0. The second kappa shape index (κ2) is 4.71. The molecule has 2 heteroatoms. The van der Waals surface area contributed by atoms with Gasteiger partial charge in [0.15, 0.2) is 5.78 Å². The molecule has 1 nitrogen and oxygen atoms in total. The summed E-state index contributed by atoms with van der Waals surface area (Å²) in [6.07, 6.45) is 1.41. The first kappa shape index (κ1) is 12.6. The van der Waals surface area contributed by atoms with Crippen LogP contribution in [0.2, 0.25) is 5.02 Å². The van der Waals surface area contributed by atoms with E-state index in [9.17, 15) is 4.79 Å². The van der Waals surface area contributed by atoms with Gasteiger partial charge in [-0.1, -0.05) is 54.1 Å². The minimum atomic E-state index is 0.241. The molecule has 3 aromatic rings. The molecule has 4 rings (SSSR count). The van der Waals surface area contributed by atoms with Crippen molar-refractivity contribution in [2.75, 3.05) is 0 Å². The van der Waals surface area contributed by atoms with Crippen LogP contribution in [0.25, 0.3) is 21.9 Å². The van der Waals surface area contributed by atoms with E-state index in [1.54, 1.807) is 0 Å². The highest BCUT2D eigenvalue weighted by molar-refractivity contribution is 6.36. The van der Waals surface area contributed by atoms with E-state index in [1.807, 2.05) is 30.3 Å². The molecule has 0 radical (unpaired) electrons. The van der Waals surface area contributed by atoms with Gasteiger partial charge in [-0.2, -0.15) is 0 Å². The van der Waals surface area contributed by atoms with E-state index >= 15 is 0 Å². The van der Waals surface area contributed by atoms with Crippen molar-refractivity contribution >= 4 is 28.2 Å². The first-order valence-electron chi connectivity index (χ1n) is 7.08. The average molecular weight is 293 g/mol. The van der Waals surface area contributed by atoms with E-state index in [0.717, 1.165) is 44.5 Å². The lowest BCUT2D eigenvalue weighted by molar-refractivity contribution is 0.0995. The van der Waals surface area contributed by atoms with E-state index in [0.29, 0.717) is 6.42 Å². The number of fused-ring (bicyclic) bond motifs is 2. The zero-order chi connectivity index (χ0) is 14.4. The molecule has 0 spiro atoms. The van der Waals surface area contributed by atoms with Gasteiger partial charge in [-0.25, -0.2) is 0 Å². The van der Waals surface area contributed by atoms with Crippen LogP contribution in [0.3, 0.4) is 0 Å². The lowest BCUT2D eigenvalue weighted by atomic mass is 9.90. The summed E-state index contributed by atoms with van der Waals surface area (Å²) in [4.78, 5) is 12.4. The predicted molar refractivity (Wildman–Crippen MR) is 87.0 cm³/mol. The molecule has 1 aliphatic rings. The summed E-state index contributed by atoms with van der Waals surface area (Å²) in [5.74, 6) is 0.241. The number of benzene rings is 3. The summed E-state index contributed by atoms with van der Waals surface area (Å²) < 4.78 is 0. The standard InChI is InChI=1S/C19H13ClO/c20-16-8-4-7-14-15(16)11-13-9-10-17(21)19(13)18(14)12-5-2-1-3-6-12/h1-8,11H,9-10H2. The van der Waals surface area contributed by atoms with Crippen LogP contribution in [0.5, 0.6) is 0 Å². The highest BCUT2D eigenvalue weighted by atomic mass is 35.5. The molecular weight excluding hydrogens is 280 g/mol. The topological polar surface area (TPSA) is 17.1 Å². The molecule has 0 saturated carbocycles. The molecule has 102 valence electrons. The monoisotopic (exact) mass is 292 g/mol. The van der Waals surface area contributed by atoms with Crippen molar-refractivity contribution in [2.24, 2.45) is 0 Å². The summed E-state index contributed by atoms with van der Waals surface area (Å²) in [6.45, 7) is 0. The lowest BCUT2D eigenvalue weighted by Crippen LogP contribution is -1.97. The molecule has 0 saturated heterocycles. The first-order chi connectivity index (χ1) is 10.3. The molecule has 0 aliphatic heterocycles. The van der Waals surface area contributed by atoms with Crippen molar-refractivity contribution in [1.29, 1.82) is 0 Å². The summed E-state index contributed by atoms with van der Waals surface area (Å²) in [6, 6.07) is 18.1. The predicted octanol–water partition coefficient (Wildman–Crippen LogP) is 5.29. The molecule has 0 aromatic heterocycles. The molecule has 0 N–H and O–H groups in total. The molecule has 0 heterocycles. The van der Waals surface area contributed by atoms with E-state index in [2.05, 4.69) is 24.3 Å². The second-order valence-corrected chi connectivity index (χ2v) is 5.82. The molecule has 1 aliphatic carbocycles. The van der Waals surface area contributed by atoms with E-state index < -0.39 is 0 Å². The molecule has 3 aromatic carbocycles. The highest BCUT2D eigenvalue weighted by Crippen LogP contribution is 2.40. The number of halogens is 1. The Morgan fingerprint density at radius 2 is 1.62 bits per heavy atom. The van der Waals surface area contributed by atoms with Crippen LogP contribution in [0.4, 0.5) is 0 Å². The van der Waals surface area contributed by atoms with Gasteiger partial charge >= 0.3 is 0 Å². The van der Waals surface area contributed by atoms with Gasteiger partial charge in [0, 0.05) is 28.0 Å². The Morgan fingerprint density at radius 3 is 2.43 bits per heavy atom. The van der Waals surface area contributed by atoms with Crippen LogP contribution >= 0.6 is 11.6 Å². The van der Waals surface area contributed by atoms with E-state index in [4.69, 9.17) is 11.6 Å². The summed E-state index contributed by atoms with van der Waals surface area (Å²) in [5.41, 5.74) is 4.13. The minimum absolute atomic E-state index is 0.241. The van der Waals surface area contributed by atoms with Crippen molar-refractivity contribution in [2.45, 2.75) is 12.8 Å².